The highest BCUT2D eigenvalue weighted by molar-refractivity contribution is 6.03. The molecular weight excluding hydrogens is 392 g/mol. The molecule has 160 valence electrons. The first-order chi connectivity index (χ1) is 14.3. The van der Waals surface area contributed by atoms with Gasteiger partial charge in [-0.05, 0) is 37.6 Å². The molecule has 0 saturated carbocycles. The van der Waals surface area contributed by atoms with Gasteiger partial charge in [0.1, 0.15) is 5.56 Å². The number of urea groups is 1. The lowest BCUT2D eigenvalue weighted by Gasteiger charge is -2.15. The average molecular weight is 416 g/mol. The SMILES string of the molecule is COc1ccc(C(=O)OCC(=O)NC(=O)Nc2ccc(C)cc2C)c(OC)c1OC. The van der Waals surface area contributed by atoms with Crippen molar-refractivity contribution >= 4 is 23.6 Å². The van der Waals surface area contributed by atoms with Crippen LogP contribution in [0.15, 0.2) is 30.3 Å². The van der Waals surface area contributed by atoms with E-state index in [4.69, 9.17) is 18.9 Å². The predicted molar refractivity (Wildman–Crippen MR) is 109 cm³/mol. The van der Waals surface area contributed by atoms with Crippen LogP contribution in [0.2, 0.25) is 0 Å². The Morgan fingerprint density at radius 2 is 1.60 bits per heavy atom. The number of imide groups is 1. The molecule has 3 amide bonds. The molecule has 9 nitrogen and oxygen atoms in total. The normalized spacial score (nSPS) is 10.0. The summed E-state index contributed by atoms with van der Waals surface area (Å²) in [7, 11) is 4.21. The molecule has 0 aliphatic heterocycles. The zero-order valence-electron chi connectivity index (χ0n) is 17.5. The lowest BCUT2D eigenvalue weighted by atomic mass is 10.1. The van der Waals surface area contributed by atoms with Gasteiger partial charge in [0.25, 0.3) is 5.91 Å². The van der Waals surface area contributed by atoms with Crippen molar-refractivity contribution in [1.82, 2.24) is 5.32 Å². The third-order valence-corrected chi connectivity index (χ3v) is 4.14. The molecule has 0 radical (unpaired) electrons. The van der Waals surface area contributed by atoms with Crippen molar-refractivity contribution in [2.75, 3.05) is 33.3 Å². The molecule has 9 heteroatoms. The third-order valence-electron chi connectivity index (χ3n) is 4.14. The molecule has 0 aliphatic rings. The second-order valence-electron chi connectivity index (χ2n) is 6.28. The fourth-order valence-electron chi connectivity index (χ4n) is 2.74. The molecule has 0 bridgehead atoms. The van der Waals surface area contributed by atoms with Gasteiger partial charge in [0, 0.05) is 5.69 Å². The molecule has 0 aliphatic carbocycles. The average Bonchev–Trinajstić information content (AvgIpc) is 2.72. The summed E-state index contributed by atoms with van der Waals surface area (Å²) in [4.78, 5) is 36.3. The van der Waals surface area contributed by atoms with Gasteiger partial charge in [0.05, 0.1) is 21.3 Å². The number of esters is 1. The lowest BCUT2D eigenvalue weighted by Crippen LogP contribution is -2.37. The first-order valence-electron chi connectivity index (χ1n) is 8.94. The second kappa shape index (κ2) is 10.1. The van der Waals surface area contributed by atoms with Crippen LogP contribution in [0, 0.1) is 13.8 Å². The highest BCUT2D eigenvalue weighted by Crippen LogP contribution is 2.39. The summed E-state index contributed by atoms with van der Waals surface area (Å²) in [6, 6.07) is 7.67. The summed E-state index contributed by atoms with van der Waals surface area (Å²) in [6.45, 7) is 3.11. The van der Waals surface area contributed by atoms with Crippen LogP contribution in [0.1, 0.15) is 21.5 Å². The van der Waals surface area contributed by atoms with Crippen LogP contribution in [0.25, 0.3) is 0 Å². The molecule has 0 spiro atoms. The number of amides is 3. The minimum absolute atomic E-state index is 0.0441. The molecule has 2 N–H and O–H groups in total. The summed E-state index contributed by atoms with van der Waals surface area (Å²) in [6.07, 6.45) is 0. The minimum atomic E-state index is -0.822. The summed E-state index contributed by atoms with van der Waals surface area (Å²) >= 11 is 0. The van der Waals surface area contributed by atoms with E-state index in [1.54, 1.807) is 6.07 Å². The summed E-state index contributed by atoms with van der Waals surface area (Å²) in [5, 5.41) is 4.68. The van der Waals surface area contributed by atoms with Crippen LogP contribution in [0.5, 0.6) is 17.2 Å². The Morgan fingerprint density at radius 1 is 0.900 bits per heavy atom. The summed E-state index contributed by atoms with van der Waals surface area (Å²) < 4.78 is 20.6. The maximum atomic E-state index is 12.4. The van der Waals surface area contributed by atoms with E-state index in [2.05, 4.69) is 10.6 Å². The van der Waals surface area contributed by atoms with Crippen LogP contribution < -0.4 is 24.8 Å². The molecule has 0 unspecified atom stereocenters. The number of ether oxygens (including phenoxy) is 4. The van der Waals surface area contributed by atoms with Gasteiger partial charge >= 0.3 is 12.0 Å². The quantitative estimate of drug-likeness (QED) is 0.668. The van der Waals surface area contributed by atoms with Gasteiger partial charge in [-0.1, -0.05) is 17.7 Å². The minimum Gasteiger partial charge on any atom is -0.493 e. The molecule has 0 aromatic heterocycles. The van der Waals surface area contributed by atoms with E-state index in [0.29, 0.717) is 11.4 Å². The lowest BCUT2D eigenvalue weighted by molar-refractivity contribution is -0.123. The van der Waals surface area contributed by atoms with Gasteiger partial charge < -0.3 is 24.3 Å². The zero-order chi connectivity index (χ0) is 22.3. The van der Waals surface area contributed by atoms with Crippen molar-refractivity contribution in [3.8, 4) is 17.2 Å². The van der Waals surface area contributed by atoms with Crippen molar-refractivity contribution in [3.05, 3.63) is 47.0 Å². The highest BCUT2D eigenvalue weighted by Gasteiger charge is 2.22. The van der Waals surface area contributed by atoms with E-state index in [-0.39, 0.29) is 17.1 Å². The molecule has 2 rings (SSSR count). The van der Waals surface area contributed by atoms with Gasteiger partial charge in [-0.3, -0.25) is 10.1 Å². The fraction of sp³-hybridized carbons (Fsp3) is 0.286. The number of hydrogen-bond acceptors (Lipinski definition) is 7. The topological polar surface area (TPSA) is 112 Å². The molecule has 0 saturated heterocycles. The third kappa shape index (κ3) is 5.40. The Labute approximate surface area is 174 Å². The summed E-state index contributed by atoms with van der Waals surface area (Å²) in [5.74, 6) is -0.920. The molecular formula is C21H24N2O7. The largest absolute Gasteiger partial charge is 0.493 e. The first kappa shape index (κ1) is 22.5. The molecule has 0 heterocycles. The number of carbonyl (C=O) groups is 3. The zero-order valence-corrected chi connectivity index (χ0v) is 17.5. The van der Waals surface area contributed by atoms with Gasteiger partial charge in [0.2, 0.25) is 5.75 Å². The first-order valence-corrected chi connectivity index (χ1v) is 8.94. The Bertz CT molecular complexity index is 957. The Morgan fingerprint density at radius 3 is 2.20 bits per heavy atom. The van der Waals surface area contributed by atoms with E-state index < -0.39 is 24.5 Å². The number of aryl methyl sites for hydroxylation is 2. The van der Waals surface area contributed by atoms with E-state index in [1.807, 2.05) is 26.0 Å². The van der Waals surface area contributed by atoms with E-state index >= 15 is 0 Å². The number of benzene rings is 2. The predicted octanol–water partition coefficient (Wildman–Crippen LogP) is 2.83. The number of hydrogen-bond donors (Lipinski definition) is 2. The van der Waals surface area contributed by atoms with Gasteiger partial charge in [-0.25, -0.2) is 9.59 Å². The monoisotopic (exact) mass is 416 g/mol. The number of anilines is 1. The van der Waals surface area contributed by atoms with Crippen molar-refractivity contribution in [2.45, 2.75) is 13.8 Å². The maximum absolute atomic E-state index is 12.4. The molecule has 0 atom stereocenters. The Kier molecular flexibility index (Phi) is 7.62. The molecule has 2 aromatic carbocycles. The van der Waals surface area contributed by atoms with Crippen LogP contribution in [0.4, 0.5) is 10.5 Å². The summed E-state index contributed by atoms with van der Waals surface area (Å²) in [5.41, 5.74) is 2.51. The van der Waals surface area contributed by atoms with E-state index in [1.165, 1.54) is 33.5 Å². The van der Waals surface area contributed by atoms with Crippen LogP contribution >= 0.6 is 0 Å². The van der Waals surface area contributed by atoms with Gasteiger partial charge in [-0.2, -0.15) is 0 Å². The number of methoxy groups -OCH3 is 3. The molecule has 0 fully saturated rings. The van der Waals surface area contributed by atoms with E-state index in [0.717, 1.165) is 11.1 Å². The molecule has 2 aromatic rings. The maximum Gasteiger partial charge on any atom is 0.342 e. The number of carbonyl (C=O) groups excluding carboxylic acids is 3. The van der Waals surface area contributed by atoms with Crippen molar-refractivity contribution < 1.29 is 33.3 Å². The van der Waals surface area contributed by atoms with Crippen molar-refractivity contribution in [1.29, 1.82) is 0 Å². The Hall–Kier alpha value is -3.75. The number of rotatable bonds is 7. The van der Waals surface area contributed by atoms with Gasteiger partial charge in [-0.15, -0.1) is 0 Å². The van der Waals surface area contributed by atoms with E-state index in [9.17, 15) is 14.4 Å². The second-order valence-corrected chi connectivity index (χ2v) is 6.28. The van der Waals surface area contributed by atoms with Crippen molar-refractivity contribution in [2.24, 2.45) is 0 Å². The molecule has 30 heavy (non-hydrogen) atoms. The van der Waals surface area contributed by atoms with Gasteiger partial charge in [0.15, 0.2) is 18.1 Å². The standard InChI is InChI=1S/C21H24N2O7/c1-12-6-8-15(13(2)10-12)22-21(26)23-17(24)11-30-20(25)14-7-9-16(27-3)19(29-5)18(14)28-4/h6-10H,11H2,1-5H3,(H2,22,23,24,26). The smallest absolute Gasteiger partial charge is 0.342 e. The fourth-order valence-corrected chi connectivity index (χ4v) is 2.74. The van der Waals surface area contributed by atoms with Crippen molar-refractivity contribution in [3.63, 3.8) is 0 Å². The number of nitrogens with one attached hydrogen (secondary N) is 2. The Balaban J connectivity index is 1.97. The van der Waals surface area contributed by atoms with Crippen LogP contribution in [-0.2, 0) is 9.53 Å². The van der Waals surface area contributed by atoms with Crippen LogP contribution in [-0.4, -0.2) is 45.8 Å². The highest BCUT2D eigenvalue weighted by atomic mass is 16.5. The van der Waals surface area contributed by atoms with Crippen LogP contribution in [0.3, 0.4) is 0 Å².